The van der Waals surface area contributed by atoms with Gasteiger partial charge in [-0.05, 0) is 49.4 Å². The molecule has 0 bridgehead atoms. The summed E-state index contributed by atoms with van der Waals surface area (Å²) in [5.74, 6) is -0.533. The summed E-state index contributed by atoms with van der Waals surface area (Å²) in [7, 11) is 0. The van der Waals surface area contributed by atoms with Gasteiger partial charge in [-0.3, -0.25) is 9.59 Å². The van der Waals surface area contributed by atoms with Crippen LogP contribution in [0.15, 0.2) is 66.7 Å². The molecule has 7 heteroatoms. The van der Waals surface area contributed by atoms with Crippen LogP contribution in [0.4, 0.5) is 15.8 Å². The third-order valence-corrected chi connectivity index (χ3v) is 5.03. The molecule has 0 aliphatic carbocycles. The Hall–Kier alpha value is -3.38. The van der Waals surface area contributed by atoms with Gasteiger partial charge in [0.15, 0.2) is 6.10 Å². The molecule has 1 unspecified atom stereocenters. The molecule has 1 atom stereocenters. The Bertz CT molecular complexity index is 1130. The van der Waals surface area contributed by atoms with Crippen molar-refractivity contribution in [2.24, 2.45) is 0 Å². The van der Waals surface area contributed by atoms with E-state index < -0.39 is 11.9 Å². The van der Waals surface area contributed by atoms with E-state index >= 15 is 0 Å². The molecular weight excluding hydrogens is 407 g/mol. The van der Waals surface area contributed by atoms with Crippen LogP contribution in [0.2, 0.25) is 5.02 Å². The lowest BCUT2D eigenvalue weighted by atomic mass is 10.1. The molecule has 0 spiro atoms. The average molecular weight is 425 g/mol. The second kappa shape index (κ2) is 8.16. The highest BCUT2D eigenvalue weighted by Gasteiger charge is 2.32. The number of hydrogen-bond donors (Lipinski definition) is 1. The van der Waals surface area contributed by atoms with Gasteiger partial charge in [0.1, 0.15) is 11.6 Å². The zero-order chi connectivity index (χ0) is 21.3. The molecule has 1 N–H and O–H groups in total. The number of benzene rings is 3. The first-order valence-corrected chi connectivity index (χ1v) is 9.72. The van der Waals surface area contributed by atoms with Gasteiger partial charge >= 0.3 is 0 Å². The van der Waals surface area contributed by atoms with Crippen molar-refractivity contribution in [3.63, 3.8) is 0 Å². The molecule has 30 heavy (non-hydrogen) atoms. The first-order valence-electron chi connectivity index (χ1n) is 9.35. The fourth-order valence-electron chi connectivity index (χ4n) is 3.28. The van der Waals surface area contributed by atoms with E-state index in [-0.39, 0.29) is 18.4 Å². The summed E-state index contributed by atoms with van der Waals surface area (Å²) in [6, 6.07) is 17.9. The van der Waals surface area contributed by atoms with Crippen LogP contribution in [-0.2, 0) is 11.3 Å². The summed E-state index contributed by atoms with van der Waals surface area (Å²) < 4.78 is 19.9. The molecule has 0 fully saturated rings. The Balaban J connectivity index is 1.65. The van der Waals surface area contributed by atoms with Crippen LogP contribution in [0, 0.1) is 5.82 Å². The lowest BCUT2D eigenvalue weighted by molar-refractivity contribution is -0.125. The number of anilines is 2. The van der Waals surface area contributed by atoms with Gasteiger partial charge in [-0.1, -0.05) is 35.9 Å². The molecule has 0 saturated heterocycles. The number of carbonyl (C=O) groups is 2. The summed E-state index contributed by atoms with van der Waals surface area (Å²) in [4.78, 5) is 26.8. The molecule has 5 nitrogen and oxygen atoms in total. The van der Waals surface area contributed by atoms with E-state index in [0.717, 1.165) is 0 Å². The van der Waals surface area contributed by atoms with E-state index in [1.165, 1.54) is 11.0 Å². The Labute approximate surface area is 178 Å². The number of hydrogen-bond acceptors (Lipinski definition) is 3. The highest BCUT2D eigenvalue weighted by Crippen LogP contribution is 2.37. The van der Waals surface area contributed by atoms with E-state index in [1.807, 2.05) is 0 Å². The van der Waals surface area contributed by atoms with E-state index in [1.54, 1.807) is 67.6 Å². The van der Waals surface area contributed by atoms with E-state index in [0.29, 0.717) is 33.3 Å². The summed E-state index contributed by atoms with van der Waals surface area (Å²) in [5, 5.41) is 3.25. The molecule has 152 valence electrons. The maximum absolute atomic E-state index is 14.2. The number of halogens is 2. The van der Waals surface area contributed by atoms with Crippen molar-refractivity contribution in [1.82, 2.24) is 0 Å². The van der Waals surface area contributed by atoms with Crippen molar-refractivity contribution in [3.8, 4) is 5.75 Å². The molecular formula is C23H18ClFN2O3. The highest BCUT2D eigenvalue weighted by atomic mass is 35.5. The fourth-order valence-corrected chi connectivity index (χ4v) is 3.47. The first kappa shape index (κ1) is 19.9. The second-order valence-corrected chi connectivity index (χ2v) is 7.36. The zero-order valence-electron chi connectivity index (χ0n) is 16.1. The van der Waals surface area contributed by atoms with Crippen LogP contribution in [0.3, 0.4) is 0 Å². The molecule has 0 radical (unpaired) electrons. The van der Waals surface area contributed by atoms with Gasteiger partial charge < -0.3 is 15.0 Å². The molecule has 0 saturated carbocycles. The maximum Gasteiger partial charge on any atom is 0.268 e. The molecule has 0 aromatic heterocycles. The minimum atomic E-state index is -0.698. The molecule has 1 heterocycles. The highest BCUT2D eigenvalue weighted by molar-refractivity contribution is 6.31. The SMILES string of the molecule is CC1Oc2ccc(NC(=O)c3cccc(Cl)c3)cc2N(Cc2ccccc2F)C1=O. The Morgan fingerprint density at radius 3 is 2.70 bits per heavy atom. The van der Waals surface area contributed by atoms with E-state index in [9.17, 15) is 14.0 Å². The van der Waals surface area contributed by atoms with Crippen molar-refractivity contribution in [2.45, 2.75) is 19.6 Å². The third-order valence-electron chi connectivity index (χ3n) is 4.80. The second-order valence-electron chi connectivity index (χ2n) is 6.92. The fraction of sp³-hybridized carbons (Fsp3) is 0.130. The third kappa shape index (κ3) is 4.00. The van der Waals surface area contributed by atoms with Crippen molar-refractivity contribution in [1.29, 1.82) is 0 Å². The number of nitrogens with zero attached hydrogens (tertiary/aromatic N) is 1. The summed E-state index contributed by atoms with van der Waals surface area (Å²) in [6.07, 6.45) is -0.698. The topological polar surface area (TPSA) is 58.6 Å². The quantitative estimate of drug-likeness (QED) is 0.638. The largest absolute Gasteiger partial charge is 0.479 e. The number of rotatable bonds is 4. The van der Waals surface area contributed by atoms with Gasteiger partial charge in [0, 0.05) is 21.8 Å². The predicted octanol–water partition coefficient (Wildman–Crippen LogP) is 5.05. The van der Waals surface area contributed by atoms with Crippen molar-refractivity contribution < 1.29 is 18.7 Å². The Kier molecular flexibility index (Phi) is 5.42. The molecule has 4 rings (SSSR count). The van der Waals surface area contributed by atoms with Crippen LogP contribution in [0.5, 0.6) is 5.75 Å². The first-order chi connectivity index (χ1) is 14.4. The minimum absolute atomic E-state index is 0.0535. The van der Waals surface area contributed by atoms with E-state index in [4.69, 9.17) is 16.3 Å². The van der Waals surface area contributed by atoms with Crippen LogP contribution >= 0.6 is 11.6 Å². The number of ether oxygens (including phenoxy) is 1. The van der Waals surface area contributed by atoms with Gasteiger partial charge in [0.05, 0.1) is 12.2 Å². The molecule has 3 aromatic carbocycles. The van der Waals surface area contributed by atoms with Crippen molar-refractivity contribution in [3.05, 3.63) is 88.7 Å². The Morgan fingerprint density at radius 1 is 1.13 bits per heavy atom. The summed E-state index contributed by atoms with van der Waals surface area (Å²) in [6.45, 7) is 1.70. The van der Waals surface area contributed by atoms with Gasteiger partial charge in [0.25, 0.3) is 11.8 Å². The monoisotopic (exact) mass is 424 g/mol. The predicted molar refractivity (Wildman–Crippen MR) is 114 cm³/mol. The smallest absolute Gasteiger partial charge is 0.268 e. The normalized spacial score (nSPS) is 15.4. The average Bonchev–Trinajstić information content (AvgIpc) is 2.73. The van der Waals surface area contributed by atoms with Gasteiger partial charge in [-0.15, -0.1) is 0 Å². The summed E-state index contributed by atoms with van der Waals surface area (Å²) in [5.41, 5.74) is 1.73. The number of fused-ring (bicyclic) bond motifs is 1. The summed E-state index contributed by atoms with van der Waals surface area (Å²) >= 11 is 5.95. The number of nitrogens with one attached hydrogen (secondary N) is 1. The molecule has 3 aromatic rings. The molecule has 1 aliphatic heterocycles. The molecule has 2 amide bonds. The number of amides is 2. The lowest BCUT2D eigenvalue weighted by Crippen LogP contribution is -2.44. The van der Waals surface area contributed by atoms with Crippen LogP contribution in [0.1, 0.15) is 22.8 Å². The van der Waals surface area contributed by atoms with Crippen LogP contribution in [-0.4, -0.2) is 17.9 Å². The van der Waals surface area contributed by atoms with Crippen LogP contribution < -0.4 is 15.0 Å². The van der Waals surface area contributed by atoms with Crippen molar-refractivity contribution >= 4 is 34.8 Å². The standard InChI is InChI=1S/C23H18ClFN2O3/c1-14-23(29)27(13-16-5-2-3-8-19(16)25)20-12-18(9-10-21(20)30-14)26-22(28)15-6-4-7-17(24)11-15/h2-12,14H,13H2,1H3,(H,26,28). The van der Waals surface area contributed by atoms with Gasteiger partial charge in [0.2, 0.25) is 0 Å². The van der Waals surface area contributed by atoms with Gasteiger partial charge in [-0.25, -0.2) is 4.39 Å². The minimum Gasteiger partial charge on any atom is -0.479 e. The van der Waals surface area contributed by atoms with E-state index in [2.05, 4.69) is 5.32 Å². The zero-order valence-corrected chi connectivity index (χ0v) is 16.8. The lowest BCUT2D eigenvalue weighted by Gasteiger charge is -2.33. The maximum atomic E-state index is 14.2. The number of carbonyl (C=O) groups excluding carboxylic acids is 2. The van der Waals surface area contributed by atoms with Crippen LogP contribution in [0.25, 0.3) is 0 Å². The van der Waals surface area contributed by atoms with Gasteiger partial charge in [-0.2, -0.15) is 0 Å². The molecule has 1 aliphatic rings. The van der Waals surface area contributed by atoms with Crippen molar-refractivity contribution in [2.75, 3.05) is 10.2 Å². The Morgan fingerprint density at radius 2 is 1.93 bits per heavy atom.